The number of hydrogen-bond acceptors (Lipinski definition) is 3. The van der Waals surface area contributed by atoms with Crippen LogP contribution in [0.4, 0.5) is 4.39 Å². The fourth-order valence-corrected chi connectivity index (χ4v) is 3.41. The van der Waals surface area contributed by atoms with Gasteiger partial charge >= 0.3 is 5.97 Å². The van der Waals surface area contributed by atoms with E-state index in [1.807, 2.05) is 24.3 Å². The van der Waals surface area contributed by atoms with Crippen LogP contribution in [0.25, 0.3) is 27.6 Å². The van der Waals surface area contributed by atoms with E-state index in [1.165, 1.54) is 6.20 Å². The number of nitrogens with zero attached hydrogens (tertiary/aromatic N) is 3. The lowest BCUT2D eigenvalue weighted by Crippen LogP contribution is -2.20. The predicted octanol–water partition coefficient (Wildman–Crippen LogP) is 3.51. The maximum Gasteiger partial charge on any atom is 0.341 e. The number of rotatable bonds is 3. The first-order valence-corrected chi connectivity index (χ1v) is 8.59. The van der Waals surface area contributed by atoms with Gasteiger partial charge in [0.2, 0.25) is 5.43 Å². The third-order valence-corrected chi connectivity index (χ3v) is 4.91. The molecule has 4 aromatic rings. The molecule has 1 N–H and O–H groups in total. The highest BCUT2D eigenvalue weighted by Gasteiger charge is 2.28. The Morgan fingerprint density at radius 2 is 1.81 bits per heavy atom. The van der Waals surface area contributed by atoms with Crippen molar-refractivity contribution in [2.75, 3.05) is 0 Å². The SMILES string of the molecule is O=C(O)c1cn(C2CC2)c2nc(-n3cc4ccccc4c3)c(F)cc2c1=O. The summed E-state index contributed by atoms with van der Waals surface area (Å²) in [7, 11) is 0. The van der Waals surface area contributed by atoms with Crippen molar-refractivity contribution in [3.05, 3.63) is 70.5 Å². The number of hydrogen-bond donors (Lipinski definition) is 1. The second-order valence-electron chi connectivity index (χ2n) is 6.77. The van der Waals surface area contributed by atoms with E-state index in [4.69, 9.17) is 0 Å². The molecule has 0 bridgehead atoms. The second kappa shape index (κ2) is 5.51. The third kappa shape index (κ3) is 2.43. The summed E-state index contributed by atoms with van der Waals surface area (Å²) >= 11 is 0. The number of carboxylic acid groups (broad SMARTS) is 1. The Labute approximate surface area is 152 Å². The molecule has 134 valence electrons. The van der Waals surface area contributed by atoms with E-state index in [-0.39, 0.29) is 22.8 Å². The molecule has 3 heterocycles. The smallest absolute Gasteiger partial charge is 0.341 e. The summed E-state index contributed by atoms with van der Waals surface area (Å²) < 4.78 is 18.1. The molecule has 6 nitrogen and oxygen atoms in total. The lowest BCUT2D eigenvalue weighted by molar-refractivity contribution is 0.0695. The Morgan fingerprint density at radius 1 is 1.15 bits per heavy atom. The van der Waals surface area contributed by atoms with E-state index >= 15 is 0 Å². The molecule has 27 heavy (non-hydrogen) atoms. The lowest BCUT2D eigenvalue weighted by Gasteiger charge is -2.12. The van der Waals surface area contributed by atoms with Crippen molar-refractivity contribution in [3.8, 4) is 5.82 Å². The fraction of sp³-hybridized carbons (Fsp3) is 0.150. The number of fused-ring (bicyclic) bond motifs is 2. The molecule has 1 aromatic carbocycles. The zero-order valence-electron chi connectivity index (χ0n) is 14.1. The van der Waals surface area contributed by atoms with Crippen molar-refractivity contribution >= 4 is 27.8 Å². The maximum absolute atomic E-state index is 14.8. The van der Waals surface area contributed by atoms with Crippen molar-refractivity contribution in [2.24, 2.45) is 0 Å². The average molecular weight is 363 g/mol. The Balaban J connectivity index is 1.81. The molecule has 7 heteroatoms. The van der Waals surface area contributed by atoms with Crippen LogP contribution < -0.4 is 5.43 Å². The largest absolute Gasteiger partial charge is 0.477 e. The summed E-state index contributed by atoms with van der Waals surface area (Å²) in [6.45, 7) is 0. The first-order chi connectivity index (χ1) is 13.0. The standard InChI is InChI=1S/C20H14FN3O3/c21-16-7-14-17(25)15(20(26)27)10-24(13-5-6-13)18(14)22-19(16)23-8-11-3-1-2-4-12(11)9-23/h1-4,7-10,13H,5-6H2,(H,26,27). The number of halogens is 1. The molecule has 1 aliphatic rings. The molecule has 0 spiro atoms. The predicted molar refractivity (Wildman–Crippen MR) is 98.0 cm³/mol. The van der Waals surface area contributed by atoms with Crippen molar-refractivity contribution in [3.63, 3.8) is 0 Å². The van der Waals surface area contributed by atoms with Crippen LogP contribution >= 0.6 is 0 Å². The lowest BCUT2D eigenvalue weighted by atomic mass is 10.2. The third-order valence-electron chi connectivity index (χ3n) is 4.91. The molecule has 0 atom stereocenters. The van der Waals surface area contributed by atoms with E-state index in [9.17, 15) is 19.1 Å². The summed E-state index contributed by atoms with van der Waals surface area (Å²) in [5, 5.41) is 11.2. The molecule has 1 fully saturated rings. The first-order valence-electron chi connectivity index (χ1n) is 8.59. The van der Waals surface area contributed by atoms with Crippen molar-refractivity contribution in [1.82, 2.24) is 14.1 Å². The maximum atomic E-state index is 14.8. The van der Waals surface area contributed by atoms with E-state index in [0.717, 1.165) is 29.7 Å². The molecule has 0 amide bonds. The minimum Gasteiger partial charge on any atom is -0.477 e. The van der Waals surface area contributed by atoms with Crippen molar-refractivity contribution in [2.45, 2.75) is 18.9 Å². The van der Waals surface area contributed by atoms with Gasteiger partial charge in [-0.25, -0.2) is 14.2 Å². The summed E-state index contributed by atoms with van der Waals surface area (Å²) in [4.78, 5) is 28.3. The highest BCUT2D eigenvalue weighted by molar-refractivity contribution is 5.92. The number of carbonyl (C=O) groups is 1. The van der Waals surface area contributed by atoms with Crippen LogP contribution in [0.3, 0.4) is 0 Å². The quantitative estimate of drug-likeness (QED) is 0.604. The van der Waals surface area contributed by atoms with Crippen LogP contribution in [-0.2, 0) is 0 Å². The Kier molecular flexibility index (Phi) is 3.21. The number of aromatic carboxylic acids is 1. The van der Waals surface area contributed by atoms with Crippen LogP contribution in [0.15, 0.2) is 53.7 Å². The van der Waals surface area contributed by atoms with Gasteiger partial charge in [-0.15, -0.1) is 0 Å². The summed E-state index contributed by atoms with van der Waals surface area (Å²) in [6, 6.07) is 8.81. The fourth-order valence-electron chi connectivity index (χ4n) is 3.41. The van der Waals surface area contributed by atoms with Crippen LogP contribution in [0.1, 0.15) is 29.2 Å². The molecule has 1 saturated carbocycles. The van der Waals surface area contributed by atoms with Crippen LogP contribution in [0.5, 0.6) is 0 Å². The molecule has 0 radical (unpaired) electrons. The van der Waals surface area contributed by atoms with E-state index in [2.05, 4.69) is 4.98 Å². The van der Waals surface area contributed by atoms with Gasteiger partial charge < -0.3 is 14.2 Å². The number of aromatic nitrogens is 3. The Hall–Kier alpha value is -3.48. The number of pyridine rings is 2. The Bertz CT molecular complexity index is 1270. The Morgan fingerprint density at radius 3 is 2.41 bits per heavy atom. The van der Waals surface area contributed by atoms with Gasteiger partial charge in [-0.1, -0.05) is 24.3 Å². The molecule has 5 rings (SSSR count). The van der Waals surface area contributed by atoms with Crippen molar-refractivity contribution < 1.29 is 14.3 Å². The monoisotopic (exact) mass is 363 g/mol. The number of benzene rings is 1. The van der Waals surface area contributed by atoms with Crippen LogP contribution in [0, 0.1) is 5.82 Å². The zero-order chi connectivity index (χ0) is 18.7. The van der Waals surface area contributed by atoms with Gasteiger partial charge in [0.1, 0.15) is 11.2 Å². The van der Waals surface area contributed by atoms with Gasteiger partial charge in [-0.3, -0.25) is 4.79 Å². The first kappa shape index (κ1) is 15.7. The van der Waals surface area contributed by atoms with Crippen LogP contribution in [-0.4, -0.2) is 25.2 Å². The van der Waals surface area contributed by atoms with E-state index in [0.29, 0.717) is 5.65 Å². The average Bonchev–Trinajstić information content (AvgIpc) is 3.39. The molecule has 3 aromatic heterocycles. The molecule has 0 aliphatic heterocycles. The highest BCUT2D eigenvalue weighted by atomic mass is 19.1. The van der Waals surface area contributed by atoms with Crippen molar-refractivity contribution in [1.29, 1.82) is 0 Å². The topological polar surface area (TPSA) is 77.1 Å². The minimum absolute atomic E-state index is 0.0141. The van der Waals surface area contributed by atoms with E-state index in [1.54, 1.807) is 21.5 Å². The van der Waals surface area contributed by atoms with Gasteiger partial charge in [-0.2, -0.15) is 0 Å². The van der Waals surface area contributed by atoms with Crippen LogP contribution in [0.2, 0.25) is 0 Å². The molecule has 1 aliphatic carbocycles. The van der Waals surface area contributed by atoms with Gasteiger partial charge in [0.15, 0.2) is 11.6 Å². The minimum atomic E-state index is -1.32. The van der Waals surface area contributed by atoms with E-state index < -0.39 is 17.2 Å². The number of carboxylic acids is 1. The molecule has 0 saturated heterocycles. The zero-order valence-corrected chi connectivity index (χ0v) is 14.1. The summed E-state index contributed by atoms with van der Waals surface area (Å²) in [5.74, 6) is -1.92. The van der Waals surface area contributed by atoms with Gasteiger partial charge in [0.25, 0.3) is 0 Å². The normalized spacial score (nSPS) is 14.1. The molecular weight excluding hydrogens is 349 g/mol. The summed E-state index contributed by atoms with van der Waals surface area (Å²) in [5.41, 5.74) is -0.776. The molecular formula is C20H14FN3O3. The highest BCUT2D eigenvalue weighted by Crippen LogP contribution is 2.37. The second-order valence-corrected chi connectivity index (χ2v) is 6.77. The van der Waals surface area contributed by atoms with Gasteiger partial charge in [-0.05, 0) is 29.7 Å². The van der Waals surface area contributed by atoms with Gasteiger partial charge in [0.05, 0.1) is 5.39 Å². The molecule has 0 unspecified atom stereocenters. The van der Waals surface area contributed by atoms with Gasteiger partial charge in [0, 0.05) is 24.6 Å². The summed E-state index contributed by atoms with van der Waals surface area (Å²) in [6.07, 6.45) is 6.62.